The maximum absolute atomic E-state index is 10.9. The van der Waals surface area contributed by atoms with Crippen molar-refractivity contribution in [3.8, 4) is 0 Å². The molecule has 0 aromatic carbocycles. The summed E-state index contributed by atoms with van der Waals surface area (Å²) in [7, 11) is 1.45. The molecule has 0 aromatic rings. The number of methoxy groups -OCH3 is 1. The van der Waals surface area contributed by atoms with Crippen molar-refractivity contribution >= 4 is 5.97 Å². The normalized spacial score (nSPS) is 27.6. The quantitative estimate of drug-likeness (QED) is 0.632. The molecule has 6 nitrogen and oxygen atoms in total. The van der Waals surface area contributed by atoms with E-state index in [0.717, 1.165) is 0 Å². The van der Waals surface area contributed by atoms with Crippen molar-refractivity contribution in [2.45, 2.75) is 6.42 Å². The molecule has 1 fully saturated rings. The van der Waals surface area contributed by atoms with E-state index >= 15 is 0 Å². The predicted octanol–water partition coefficient (Wildman–Crippen LogP) is 0.0909. The van der Waals surface area contributed by atoms with Crippen molar-refractivity contribution in [2.75, 3.05) is 26.8 Å². The summed E-state index contributed by atoms with van der Waals surface area (Å²) in [6.45, 7) is 0.646. The monoisotopic (exact) mass is 188 g/mol. The molecule has 0 amide bonds. The van der Waals surface area contributed by atoms with Crippen molar-refractivity contribution in [1.29, 1.82) is 0 Å². The Bertz CT molecular complexity index is 221. The summed E-state index contributed by atoms with van der Waals surface area (Å²) in [5.41, 5.74) is -0.956. The molecule has 1 heterocycles. The molecule has 1 aliphatic heterocycles. The second-order valence-corrected chi connectivity index (χ2v) is 3.24. The van der Waals surface area contributed by atoms with E-state index < -0.39 is 11.4 Å². The van der Waals surface area contributed by atoms with Gasteiger partial charge >= 0.3 is 5.97 Å². The number of nitroso groups, excluding NO2 is 1. The van der Waals surface area contributed by atoms with Gasteiger partial charge in [0.15, 0.2) is 0 Å². The van der Waals surface area contributed by atoms with Crippen LogP contribution in [0.25, 0.3) is 0 Å². The van der Waals surface area contributed by atoms with Crippen molar-refractivity contribution in [3.05, 3.63) is 4.91 Å². The summed E-state index contributed by atoms with van der Waals surface area (Å²) >= 11 is 0. The summed E-state index contributed by atoms with van der Waals surface area (Å²) in [4.78, 5) is 21.1. The Morgan fingerprint density at radius 3 is 2.85 bits per heavy atom. The second kappa shape index (κ2) is 3.69. The van der Waals surface area contributed by atoms with Crippen LogP contribution in [0.15, 0.2) is 5.29 Å². The molecule has 0 aliphatic carbocycles. The predicted molar refractivity (Wildman–Crippen MR) is 43.9 cm³/mol. The zero-order valence-corrected chi connectivity index (χ0v) is 7.39. The van der Waals surface area contributed by atoms with Gasteiger partial charge in [0.1, 0.15) is 5.41 Å². The zero-order chi connectivity index (χ0) is 9.90. The van der Waals surface area contributed by atoms with Crippen LogP contribution in [0.2, 0.25) is 0 Å². The van der Waals surface area contributed by atoms with Crippen molar-refractivity contribution in [1.82, 2.24) is 5.01 Å². The lowest BCUT2D eigenvalue weighted by Gasteiger charge is -2.21. The van der Waals surface area contributed by atoms with Crippen LogP contribution >= 0.6 is 0 Å². The molecule has 1 N–H and O–H groups in total. The van der Waals surface area contributed by atoms with Crippen LogP contribution in [0.3, 0.4) is 0 Å². The number of carboxylic acids is 1. The molecule has 0 saturated carbocycles. The minimum atomic E-state index is -0.956. The van der Waals surface area contributed by atoms with Gasteiger partial charge in [-0.15, -0.1) is 4.91 Å². The molecule has 0 bridgehead atoms. The summed E-state index contributed by atoms with van der Waals surface area (Å²) in [5, 5.41) is 12.9. The highest BCUT2D eigenvalue weighted by Gasteiger charge is 2.45. The number of hydrogen-bond donors (Lipinski definition) is 1. The smallest absolute Gasteiger partial charge is 0.313 e. The van der Waals surface area contributed by atoms with E-state index in [1.54, 1.807) is 0 Å². The molecular weight excluding hydrogens is 176 g/mol. The third kappa shape index (κ3) is 1.77. The average Bonchev–Trinajstić information content (AvgIpc) is 2.50. The first kappa shape index (κ1) is 9.91. The van der Waals surface area contributed by atoms with Crippen LogP contribution in [0.4, 0.5) is 0 Å². The molecule has 1 aliphatic rings. The Labute approximate surface area is 75.4 Å². The van der Waals surface area contributed by atoms with Crippen molar-refractivity contribution < 1.29 is 14.6 Å². The van der Waals surface area contributed by atoms with E-state index in [2.05, 4.69) is 5.29 Å². The highest BCUT2D eigenvalue weighted by atomic mass is 16.5. The van der Waals surface area contributed by atoms with E-state index in [-0.39, 0.29) is 13.2 Å². The van der Waals surface area contributed by atoms with E-state index in [1.165, 1.54) is 12.1 Å². The van der Waals surface area contributed by atoms with Gasteiger partial charge in [0.2, 0.25) is 0 Å². The molecule has 1 unspecified atom stereocenters. The molecule has 0 spiro atoms. The van der Waals surface area contributed by atoms with Crippen LogP contribution < -0.4 is 0 Å². The van der Waals surface area contributed by atoms with Gasteiger partial charge in [0, 0.05) is 13.7 Å². The number of carbonyl (C=O) groups is 1. The first-order valence-corrected chi connectivity index (χ1v) is 3.95. The number of nitrogens with zero attached hydrogens (tertiary/aromatic N) is 2. The first-order valence-electron chi connectivity index (χ1n) is 3.95. The van der Waals surface area contributed by atoms with Gasteiger partial charge in [-0.1, -0.05) is 0 Å². The number of aliphatic carboxylic acids is 1. The molecule has 0 radical (unpaired) electrons. The summed E-state index contributed by atoms with van der Waals surface area (Å²) in [6.07, 6.45) is 0.405. The standard InChI is InChI=1S/C7H12N2O4/c1-13-5-7(6(10)11)2-3-9(4-7)8-12/h2-5H2,1H3,(H,10,11). The summed E-state index contributed by atoms with van der Waals surface area (Å²) in [6, 6.07) is 0. The Balaban J connectivity index is 2.70. The Kier molecular flexibility index (Phi) is 2.82. The SMILES string of the molecule is COCC1(C(=O)O)CCN(N=O)C1. The van der Waals surface area contributed by atoms with E-state index in [4.69, 9.17) is 9.84 Å². The lowest BCUT2D eigenvalue weighted by atomic mass is 9.88. The zero-order valence-electron chi connectivity index (χ0n) is 7.39. The maximum atomic E-state index is 10.9. The number of rotatable bonds is 4. The summed E-state index contributed by atoms with van der Waals surface area (Å²) in [5.74, 6) is -0.930. The topological polar surface area (TPSA) is 79.2 Å². The van der Waals surface area contributed by atoms with Crippen LogP contribution in [-0.2, 0) is 9.53 Å². The molecule has 1 rings (SSSR count). The number of hydrogen-bond acceptors (Lipinski definition) is 4. The molecule has 13 heavy (non-hydrogen) atoms. The lowest BCUT2D eigenvalue weighted by Crippen LogP contribution is -2.37. The molecule has 74 valence electrons. The largest absolute Gasteiger partial charge is 0.481 e. The Morgan fingerprint density at radius 2 is 2.46 bits per heavy atom. The second-order valence-electron chi connectivity index (χ2n) is 3.24. The lowest BCUT2D eigenvalue weighted by molar-refractivity contribution is -0.151. The van der Waals surface area contributed by atoms with Gasteiger partial charge in [-0.2, -0.15) is 0 Å². The van der Waals surface area contributed by atoms with E-state index in [9.17, 15) is 9.70 Å². The van der Waals surface area contributed by atoms with Gasteiger partial charge in [-0.05, 0) is 6.42 Å². The average molecular weight is 188 g/mol. The van der Waals surface area contributed by atoms with Gasteiger partial charge in [0.25, 0.3) is 0 Å². The fourth-order valence-electron chi connectivity index (χ4n) is 1.55. The van der Waals surface area contributed by atoms with Gasteiger partial charge in [0.05, 0.1) is 18.4 Å². The first-order chi connectivity index (χ1) is 6.14. The number of carboxylic acid groups (broad SMARTS) is 1. The molecule has 1 atom stereocenters. The Hall–Kier alpha value is -1.17. The van der Waals surface area contributed by atoms with Gasteiger partial charge in [-0.25, -0.2) is 0 Å². The third-order valence-corrected chi connectivity index (χ3v) is 2.32. The fourth-order valence-corrected chi connectivity index (χ4v) is 1.55. The molecule has 0 aromatic heterocycles. The van der Waals surface area contributed by atoms with E-state index in [1.807, 2.05) is 0 Å². The highest BCUT2D eigenvalue weighted by Crippen LogP contribution is 2.31. The van der Waals surface area contributed by atoms with Crippen LogP contribution in [0, 0.1) is 10.3 Å². The van der Waals surface area contributed by atoms with Crippen LogP contribution in [0.5, 0.6) is 0 Å². The summed E-state index contributed by atoms with van der Waals surface area (Å²) < 4.78 is 4.83. The number of ether oxygens (including phenoxy) is 1. The minimum absolute atomic E-state index is 0.119. The van der Waals surface area contributed by atoms with Crippen LogP contribution in [-0.4, -0.2) is 42.9 Å². The fraction of sp³-hybridized carbons (Fsp3) is 0.857. The highest BCUT2D eigenvalue weighted by molar-refractivity contribution is 5.75. The molecule has 6 heteroatoms. The minimum Gasteiger partial charge on any atom is -0.481 e. The van der Waals surface area contributed by atoms with Crippen molar-refractivity contribution in [3.63, 3.8) is 0 Å². The molecular formula is C7H12N2O4. The van der Waals surface area contributed by atoms with Gasteiger partial charge in [-0.3, -0.25) is 9.80 Å². The molecule has 1 saturated heterocycles. The van der Waals surface area contributed by atoms with Crippen LogP contribution in [0.1, 0.15) is 6.42 Å². The van der Waals surface area contributed by atoms with E-state index in [0.29, 0.717) is 13.0 Å². The van der Waals surface area contributed by atoms with Crippen molar-refractivity contribution in [2.24, 2.45) is 10.7 Å². The third-order valence-electron chi connectivity index (χ3n) is 2.32. The van der Waals surface area contributed by atoms with Gasteiger partial charge < -0.3 is 9.84 Å². The Morgan fingerprint density at radius 1 is 1.77 bits per heavy atom. The maximum Gasteiger partial charge on any atom is 0.313 e.